The Balaban J connectivity index is 2.35. The minimum absolute atomic E-state index is 0.723. The van der Waals surface area contributed by atoms with Crippen LogP contribution in [-0.4, -0.2) is 16.2 Å². The molecule has 0 amide bonds. The third-order valence-electron chi connectivity index (χ3n) is 3.75. The molecule has 0 bridgehead atoms. The van der Waals surface area contributed by atoms with Crippen LogP contribution in [-0.2, 0) is 0 Å². The van der Waals surface area contributed by atoms with Crippen molar-refractivity contribution in [3.63, 3.8) is 0 Å². The van der Waals surface area contributed by atoms with Crippen molar-refractivity contribution < 1.29 is 9.16 Å². The van der Waals surface area contributed by atoms with E-state index in [0.29, 0.717) is 0 Å². The van der Waals surface area contributed by atoms with Gasteiger partial charge in [0.05, 0.1) is 11.6 Å². The normalized spacial score (nSPS) is 11.1. The van der Waals surface area contributed by atoms with Crippen molar-refractivity contribution in [3.8, 4) is 22.6 Å². The van der Waals surface area contributed by atoms with E-state index in [9.17, 15) is 0 Å². The number of hydrogen-bond donors (Lipinski definition) is 0. The van der Waals surface area contributed by atoms with Gasteiger partial charge in [-0.15, -0.1) is 0 Å². The van der Waals surface area contributed by atoms with Gasteiger partial charge in [0.1, 0.15) is 11.5 Å². The third-order valence-corrected chi connectivity index (χ3v) is 5.37. The van der Waals surface area contributed by atoms with Gasteiger partial charge in [-0.05, 0) is 64.2 Å². The minimum atomic E-state index is -1.29. The zero-order valence-electron chi connectivity index (χ0n) is 13.8. The Bertz CT molecular complexity index is 879. The lowest BCUT2D eigenvalue weighted by atomic mass is 9.97. The zero-order chi connectivity index (χ0) is 17.3. The third kappa shape index (κ3) is 3.32. The molecule has 0 unspecified atom stereocenters. The summed E-state index contributed by atoms with van der Waals surface area (Å²) in [5, 5.41) is 2.82. The molecule has 3 rings (SSSR count). The molecule has 0 fully saturated rings. The van der Waals surface area contributed by atoms with Crippen LogP contribution in [0.1, 0.15) is 0 Å². The molecule has 0 aliphatic rings. The number of halogens is 2. The Kier molecular flexibility index (Phi) is 5.18. The number of ether oxygens (including phenoxy) is 1. The topological polar surface area (TPSA) is 18.5 Å². The van der Waals surface area contributed by atoms with E-state index in [1.165, 1.54) is 0 Å². The average molecular weight is 422 g/mol. The lowest BCUT2D eigenvalue weighted by Crippen LogP contribution is -2.12. The molecule has 24 heavy (non-hydrogen) atoms. The predicted molar refractivity (Wildman–Crippen MR) is 108 cm³/mol. The second-order valence-electron chi connectivity index (χ2n) is 5.80. The summed E-state index contributed by atoms with van der Waals surface area (Å²) in [5.74, 6) is 1.69. The monoisotopic (exact) mass is 420 g/mol. The highest BCUT2D eigenvalue weighted by Crippen LogP contribution is 2.45. The summed E-state index contributed by atoms with van der Waals surface area (Å²) in [7, 11) is 0.379. The standard InChI is InChI=1S/C19H18BrClO2Si/c1-22-14-9-7-12(8-10-14)18-17-13(5-4-6-16(17)21)11-15(20)19(18)23-24(2)3/h4-11,24H,1-3H3. The lowest BCUT2D eigenvalue weighted by molar-refractivity contribution is 0.415. The summed E-state index contributed by atoms with van der Waals surface area (Å²) in [4.78, 5) is 0. The van der Waals surface area contributed by atoms with Crippen LogP contribution < -0.4 is 9.16 Å². The maximum Gasteiger partial charge on any atom is 0.229 e. The molecule has 0 spiro atoms. The molecule has 0 saturated carbocycles. The summed E-state index contributed by atoms with van der Waals surface area (Å²) in [6, 6.07) is 16.0. The van der Waals surface area contributed by atoms with E-state index in [1.807, 2.05) is 36.4 Å². The van der Waals surface area contributed by atoms with E-state index < -0.39 is 9.04 Å². The smallest absolute Gasteiger partial charge is 0.229 e. The van der Waals surface area contributed by atoms with Crippen LogP contribution >= 0.6 is 27.5 Å². The highest BCUT2D eigenvalue weighted by atomic mass is 79.9. The summed E-state index contributed by atoms with van der Waals surface area (Å²) in [6.07, 6.45) is 0. The second kappa shape index (κ2) is 7.17. The number of benzene rings is 3. The maximum absolute atomic E-state index is 6.55. The van der Waals surface area contributed by atoms with Crippen molar-refractivity contribution in [1.82, 2.24) is 0 Å². The first-order valence-corrected chi connectivity index (χ1v) is 11.7. The highest BCUT2D eigenvalue weighted by Gasteiger charge is 2.18. The Hall–Kier alpha value is -1.49. The second-order valence-corrected chi connectivity index (χ2v) is 9.39. The molecule has 0 saturated heterocycles. The molecule has 0 aliphatic heterocycles. The van der Waals surface area contributed by atoms with Gasteiger partial charge in [0, 0.05) is 16.0 Å². The van der Waals surface area contributed by atoms with Crippen LogP contribution in [0.5, 0.6) is 11.5 Å². The van der Waals surface area contributed by atoms with E-state index in [1.54, 1.807) is 7.11 Å². The molecule has 3 aromatic rings. The minimum Gasteiger partial charge on any atom is -0.546 e. The van der Waals surface area contributed by atoms with Crippen molar-refractivity contribution in [1.29, 1.82) is 0 Å². The summed E-state index contributed by atoms with van der Waals surface area (Å²) in [5.41, 5.74) is 2.08. The van der Waals surface area contributed by atoms with Crippen LogP contribution in [0.4, 0.5) is 0 Å². The van der Waals surface area contributed by atoms with Gasteiger partial charge in [-0.25, -0.2) is 0 Å². The number of methoxy groups -OCH3 is 1. The first-order valence-electron chi connectivity index (χ1n) is 7.73. The molecule has 0 aromatic heterocycles. The Labute approximate surface area is 157 Å². The highest BCUT2D eigenvalue weighted by molar-refractivity contribution is 9.10. The fraction of sp³-hybridized carbons (Fsp3) is 0.158. The Morgan fingerprint density at radius 3 is 2.38 bits per heavy atom. The number of rotatable bonds is 4. The van der Waals surface area contributed by atoms with Gasteiger partial charge in [-0.1, -0.05) is 35.9 Å². The maximum atomic E-state index is 6.55. The van der Waals surface area contributed by atoms with Crippen molar-refractivity contribution in [2.45, 2.75) is 13.1 Å². The van der Waals surface area contributed by atoms with Crippen molar-refractivity contribution in [3.05, 3.63) is 58.0 Å². The van der Waals surface area contributed by atoms with Gasteiger partial charge < -0.3 is 9.16 Å². The SMILES string of the molecule is COc1ccc(-c2c(O[SiH](C)C)c(Br)cc3cccc(Cl)c23)cc1. The van der Waals surface area contributed by atoms with Gasteiger partial charge in [0.2, 0.25) is 9.04 Å². The van der Waals surface area contributed by atoms with Crippen LogP contribution in [0.25, 0.3) is 21.9 Å². The largest absolute Gasteiger partial charge is 0.546 e. The summed E-state index contributed by atoms with van der Waals surface area (Å²) in [6.45, 7) is 4.31. The van der Waals surface area contributed by atoms with Gasteiger partial charge >= 0.3 is 0 Å². The molecule has 2 nitrogen and oxygen atoms in total. The van der Waals surface area contributed by atoms with E-state index >= 15 is 0 Å². The Morgan fingerprint density at radius 1 is 1.04 bits per heavy atom. The van der Waals surface area contributed by atoms with Crippen LogP contribution in [0, 0.1) is 0 Å². The van der Waals surface area contributed by atoms with E-state index in [-0.39, 0.29) is 0 Å². The van der Waals surface area contributed by atoms with Gasteiger partial charge in [-0.2, -0.15) is 0 Å². The fourth-order valence-electron chi connectivity index (χ4n) is 2.74. The molecule has 5 heteroatoms. The fourth-order valence-corrected chi connectivity index (χ4v) is 4.45. The van der Waals surface area contributed by atoms with E-state index in [0.717, 1.165) is 42.9 Å². The van der Waals surface area contributed by atoms with Crippen molar-refractivity contribution in [2.24, 2.45) is 0 Å². The Morgan fingerprint density at radius 2 is 1.75 bits per heavy atom. The van der Waals surface area contributed by atoms with Crippen LogP contribution in [0.3, 0.4) is 0 Å². The number of fused-ring (bicyclic) bond motifs is 1. The zero-order valence-corrected chi connectivity index (χ0v) is 17.3. The summed E-state index contributed by atoms with van der Waals surface area (Å²) < 4.78 is 12.5. The predicted octanol–water partition coefficient (Wildman–Crippen LogP) is 6.29. The molecule has 0 atom stereocenters. The van der Waals surface area contributed by atoms with E-state index in [2.05, 4.69) is 41.2 Å². The van der Waals surface area contributed by atoms with Gasteiger partial charge in [-0.3, -0.25) is 0 Å². The first kappa shape index (κ1) is 17.3. The summed E-state index contributed by atoms with van der Waals surface area (Å²) >= 11 is 10.2. The molecular weight excluding hydrogens is 404 g/mol. The van der Waals surface area contributed by atoms with Crippen molar-refractivity contribution in [2.75, 3.05) is 7.11 Å². The molecular formula is C19H18BrClO2Si. The molecule has 0 heterocycles. The number of hydrogen-bond acceptors (Lipinski definition) is 2. The lowest BCUT2D eigenvalue weighted by Gasteiger charge is -2.19. The molecule has 124 valence electrons. The van der Waals surface area contributed by atoms with Crippen LogP contribution in [0.15, 0.2) is 53.0 Å². The van der Waals surface area contributed by atoms with Crippen LogP contribution in [0.2, 0.25) is 18.1 Å². The molecule has 3 aromatic carbocycles. The van der Waals surface area contributed by atoms with E-state index in [4.69, 9.17) is 20.8 Å². The first-order chi connectivity index (χ1) is 11.5. The molecule has 0 aliphatic carbocycles. The quantitative estimate of drug-likeness (QED) is 0.461. The molecule has 0 N–H and O–H groups in total. The molecule has 0 radical (unpaired) electrons. The van der Waals surface area contributed by atoms with Gasteiger partial charge in [0.25, 0.3) is 0 Å². The van der Waals surface area contributed by atoms with Crippen molar-refractivity contribution >= 4 is 47.3 Å². The van der Waals surface area contributed by atoms with Gasteiger partial charge in [0.15, 0.2) is 0 Å². The average Bonchev–Trinajstić information content (AvgIpc) is 2.56.